The average Bonchev–Trinajstić information content (AvgIpc) is 3.34. The van der Waals surface area contributed by atoms with Gasteiger partial charge in [0.05, 0.1) is 28.6 Å². The Kier molecular flexibility index (Phi) is 7.09. The maximum Gasteiger partial charge on any atom is 0.273 e. The van der Waals surface area contributed by atoms with E-state index in [9.17, 15) is 27.6 Å². The lowest BCUT2D eigenvalue weighted by molar-refractivity contribution is -0.156. The molecule has 2 aromatic carbocycles. The number of alkyl halides is 1. The molecule has 184 valence electrons. The molecule has 0 spiro atoms. The fraction of sp³-hybridized carbons (Fsp3) is 0.261. The SMILES string of the molecule is NC(=O)c1cn(CC(=O)N2C[C@H](F)C[C@H]2C(=O)N(F)Cc2cccc(Cl)c2)c2cc(Br)c(F)cc12. The molecule has 0 radical (unpaired) electrons. The Hall–Kier alpha value is -3.05. The van der Waals surface area contributed by atoms with Crippen LogP contribution in [0, 0.1) is 5.82 Å². The molecule has 1 aliphatic rings. The van der Waals surface area contributed by atoms with E-state index in [0.29, 0.717) is 16.1 Å². The van der Waals surface area contributed by atoms with Crippen LogP contribution in [0.3, 0.4) is 0 Å². The van der Waals surface area contributed by atoms with Crippen molar-refractivity contribution in [3.63, 3.8) is 0 Å². The zero-order valence-corrected chi connectivity index (χ0v) is 20.4. The molecule has 2 atom stereocenters. The first-order valence-electron chi connectivity index (χ1n) is 10.5. The van der Waals surface area contributed by atoms with Crippen molar-refractivity contribution in [2.75, 3.05) is 6.54 Å². The van der Waals surface area contributed by atoms with E-state index in [-0.39, 0.29) is 33.5 Å². The van der Waals surface area contributed by atoms with E-state index in [4.69, 9.17) is 17.3 Å². The number of carbonyl (C=O) groups is 3. The molecule has 7 nitrogen and oxygen atoms in total. The number of aromatic nitrogens is 1. The summed E-state index contributed by atoms with van der Waals surface area (Å²) in [6.45, 7) is -1.21. The lowest BCUT2D eigenvalue weighted by Gasteiger charge is -2.25. The van der Waals surface area contributed by atoms with E-state index in [1.54, 1.807) is 18.2 Å². The van der Waals surface area contributed by atoms with Crippen molar-refractivity contribution in [3.8, 4) is 0 Å². The number of carbonyl (C=O) groups excluding carboxylic acids is 3. The molecule has 3 amide bonds. The Balaban J connectivity index is 1.56. The van der Waals surface area contributed by atoms with Crippen LogP contribution >= 0.6 is 27.5 Å². The largest absolute Gasteiger partial charge is 0.366 e. The zero-order chi connectivity index (χ0) is 25.4. The predicted molar refractivity (Wildman–Crippen MR) is 126 cm³/mol. The quantitative estimate of drug-likeness (QED) is 0.451. The van der Waals surface area contributed by atoms with Gasteiger partial charge in [0, 0.05) is 23.0 Å². The Labute approximate surface area is 211 Å². The van der Waals surface area contributed by atoms with Gasteiger partial charge in [0.15, 0.2) is 0 Å². The zero-order valence-electron chi connectivity index (χ0n) is 18.1. The van der Waals surface area contributed by atoms with Gasteiger partial charge in [-0.05, 0) is 45.8 Å². The van der Waals surface area contributed by atoms with Crippen LogP contribution in [0.25, 0.3) is 10.9 Å². The van der Waals surface area contributed by atoms with Crippen molar-refractivity contribution in [1.82, 2.24) is 14.6 Å². The third-order valence-corrected chi connectivity index (χ3v) is 6.64. The van der Waals surface area contributed by atoms with Crippen molar-refractivity contribution in [2.24, 2.45) is 5.73 Å². The molecular weight excluding hydrogens is 553 g/mol. The van der Waals surface area contributed by atoms with Crippen molar-refractivity contribution >= 4 is 56.2 Å². The fourth-order valence-electron chi connectivity index (χ4n) is 4.18. The van der Waals surface area contributed by atoms with Gasteiger partial charge in [-0.25, -0.2) is 8.78 Å². The van der Waals surface area contributed by atoms with Crippen LogP contribution in [0.5, 0.6) is 0 Å². The number of nitrogens with zero attached hydrogens (tertiary/aromatic N) is 3. The smallest absolute Gasteiger partial charge is 0.273 e. The predicted octanol–water partition coefficient (Wildman–Crippen LogP) is 4.15. The van der Waals surface area contributed by atoms with Gasteiger partial charge in [-0.2, -0.15) is 5.12 Å². The van der Waals surface area contributed by atoms with Gasteiger partial charge >= 0.3 is 0 Å². The number of hydrogen-bond donors (Lipinski definition) is 1. The normalized spacial score (nSPS) is 17.7. The van der Waals surface area contributed by atoms with Crippen molar-refractivity contribution in [1.29, 1.82) is 0 Å². The molecule has 1 aliphatic heterocycles. The molecule has 35 heavy (non-hydrogen) atoms. The molecule has 0 unspecified atom stereocenters. The highest BCUT2D eigenvalue weighted by Gasteiger charge is 2.42. The van der Waals surface area contributed by atoms with E-state index in [1.807, 2.05) is 0 Å². The van der Waals surface area contributed by atoms with E-state index in [1.165, 1.54) is 22.9 Å². The summed E-state index contributed by atoms with van der Waals surface area (Å²) in [5.41, 5.74) is 6.14. The highest BCUT2D eigenvalue weighted by Crippen LogP contribution is 2.29. The van der Waals surface area contributed by atoms with Crippen molar-refractivity contribution in [2.45, 2.75) is 31.7 Å². The first-order chi connectivity index (χ1) is 16.5. The first kappa shape index (κ1) is 25.1. The van der Waals surface area contributed by atoms with Crippen molar-refractivity contribution < 1.29 is 27.6 Å². The number of nitrogens with two attached hydrogens (primary N) is 1. The van der Waals surface area contributed by atoms with Crippen LogP contribution in [0.15, 0.2) is 47.1 Å². The molecule has 1 aromatic heterocycles. The van der Waals surface area contributed by atoms with Crippen LogP contribution in [-0.2, 0) is 22.7 Å². The van der Waals surface area contributed by atoms with Crippen LogP contribution in [-0.4, -0.2) is 51.1 Å². The lowest BCUT2D eigenvalue weighted by atomic mass is 10.1. The molecule has 0 aliphatic carbocycles. The summed E-state index contributed by atoms with van der Waals surface area (Å²) < 4.78 is 44.5. The standard InChI is InChI=1S/C23H19BrClF3N4O3/c24-17-7-19-15(6-18(17)27)16(22(29)34)10-30(19)11-21(33)31-9-14(26)5-20(31)23(35)32(28)8-12-2-1-3-13(25)4-12/h1-4,6-7,10,14,20H,5,8-9,11H2,(H2,29,34)/t14-,20+/m1/s1. The number of fused-ring (bicyclic) bond motifs is 1. The molecule has 12 heteroatoms. The number of benzene rings is 2. The van der Waals surface area contributed by atoms with Gasteiger partial charge in [0.25, 0.3) is 11.8 Å². The van der Waals surface area contributed by atoms with Gasteiger partial charge < -0.3 is 15.2 Å². The summed E-state index contributed by atoms with van der Waals surface area (Å²) in [6.07, 6.45) is -0.577. The van der Waals surface area contributed by atoms with Crippen LogP contribution in [0.1, 0.15) is 22.3 Å². The van der Waals surface area contributed by atoms with E-state index in [0.717, 1.165) is 11.0 Å². The molecule has 2 N–H and O–H groups in total. The molecule has 4 rings (SSSR count). The number of primary amides is 1. The third-order valence-electron chi connectivity index (χ3n) is 5.80. The Bertz CT molecular complexity index is 1330. The molecule has 0 saturated carbocycles. The van der Waals surface area contributed by atoms with Gasteiger partial charge in [-0.1, -0.05) is 28.2 Å². The highest BCUT2D eigenvalue weighted by atomic mass is 79.9. The summed E-state index contributed by atoms with van der Waals surface area (Å²) in [4.78, 5) is 38.7. The molecule has 1 saturated heterocycles. The Morgan fingerprint density at radius 2 is 1.97 bits per heavy atom. The second-order valence-electron chi connectivity index (χ2n) is 8.20. The summed E-state index contributed by atoms with van der Waals surface area (Å²) in [7, 11) is 0. The van der Waals surface area contributed by atoms with Gasteiger partial charge in [0.1, 0.15) is 24.6 Å². The second kappa shape index (κ2) is 9.90. The third kappa shape index (κ3) is 5.15. The molecule has 2 heterocycles. The maximum atomic E-state index is 14.7. The topological polar surface area (TPSA) is 88.6 Å². The average molecular weight is 572 g/mol. The van der Waals surface area contributed by atoms with E-state index < -0.39 is 48.8 Å². The molecule has 1 fully saturated rings. The minimum Gasteiger partial charge on any atom is -0.366 e. The van der Waals surface area contributed by atoms with Gasteiger partial charge in [-0.3, -0.25) is 14.4 Å². The van der Waals surface area contributed by atoms with E-state index >= 15 is 0 Å². The van der Waals surface area contributed by atoms with Gasteiger partial charge in [0.2, 0.25) is 5.91 Å². The Morgan fingerprint density at radius 1 is 1.23 bits per heavy atom. The van der Waals surface area contributed by atoms with E-state index in [2.05, 4.69) is 15.9 Å². The fourth-order valence-corrected chi connectivity index (χ4v) is 4.72. The van der Waals surface area contributed by atoms with Crippen LogP contribution in [0.4, 0.5) is 13.3 Å². The number of halogens is 5. The second-order valence-corrected chi connectivity index (χ2v) is 9.49. The minimum absolute atomic E-state index is 0.00642. The molecular formula is C23H19BrClF3N4O3. The lowest BCUT2D eigenvalue weighted by Crippen LogP contribution is -2.46. The number of amides is 3. The number of likely N-dealkylation sites (tertiary alicyclic amines) is 1. The number of hydrogen-bond acceptors (Lipinski definition) is 3. The highest BCUT2D eigenvalue weighted by molar-refractivity contribution is 9.10. The molecule has 0 bridgehead atoms. The Morgan fingerprint density at radius 3 is 2.66 bits per heavy atom. The monoisotopic (exact) mass is 570 g/mol. The molecule has 3 aromatic rings. The van der Waals surface area contributed by atoms with Crippen LogP contribution in [0.2, 0.25) is 5.02 Å². The van der Waals surface area contributed by atoms with Gasteiger partial charge in [-0.15, -0.1) is 0 Å². The number of rotatable bonds is 6. The summed E-state index contributed by atoms with van der Waals surface area (Å²) >= 11 is 8.96. The first-order valence-corrected chi connectivity index (χ1v) is 11.6. The van der Waals surface area contributed by atoms with Crippen molar-refractivity contribution in [3.05, 3.63) is 69.0 Å². The minimum atomic E-state index is -1.52. The maximum absolute atomic E-state index is 14.7. The summed E-state index contributed by atoms with van der Waals surface area (Å²) in [5, 5.41) is 0.496. The van der Waals surface area contributed by atoms with Crippen LogP contribution < -0.4 is 5.73 Å². The summed E-state index contributed by atoms with van der Waals surface area (Å²) in [6, 6.07) is 7.41. The summed E-state index contributed by atoms with van der Waals surface area (Å²) in [5.74, 6) is -3.18.